The van der Waals surface area contributed by atoms with Gasteiger partial charge in [0.05, 0.1) is 18.3 Å². The summed E-state index contributed by atoms with van der Waals surface area (Å²) in [6.07, 6.45) is 7.33. The molecule has 2 amide bonds. The number of likely N-dealkylation sites (tertiary alicyclic amines) is 1. The van der Waals surface area contributed by atoms with E-state index in [0.717, 1.165) is 61.3 Å². The molecule has 0 bridgehead atoms. The molecular formula is C28H34N4O2S. The highest BCUT2D eigenvalue weighted by molar-refractivity contribution is 7.10. The summed E-state index contributed by atoms with van der Waals surface area (Å²) in [5.74, 6) is 0.159. The van der Waals surface area contributed by atoms with E-state index < -0.39 is 6.04 Å². The number of thiazole rings is 1. The Hall–Kier alpha value is -2.77. The van der Waals surface area contributed by atoms with Crippen LogP contribution >= 0.6 is 11.3 Å². The molecule has 1 saturated carbocycles. The highest BCUT2D eigenvalue weighted by Crippen LogP contribution is 2.38. The molecule has 6 nitrogen and oxygen atoms in total. The molecule has 2 heterocycles. The van der Waals surface area contributed by atoms with Crippen LogP contribution < -0.4 is 10.6 Å². The quantitative estimate of drug-likeness (QED) is 0.493. The zero-order valence-electron chi connectivity index (χ0n) is 20.3. The fourth-order valence-corrected chi connectivity index (χ4v) is 6.68. The monoisotopic (exact) mass is 490 g/mol. The van der Waals surface area contributed by atoms with Crippen LogP contribution in [0.1, 0.15) is 56.0 Å². The molecule has 0 unspecified atom stereocenters. The van der Waals surface area contributed by atoms with E-state index in [-0.39, 0.29) is 30.3 Å². The molecule has 2 aliphatic rings. The van der Waals surface area contributed by atoms with Crippen LogP contribution in [0.2, 0.25) is 0 Å². The summed E-state index contributed by atoms with van der Waals surface area (Å²) in [5.41, 5.74) is 2.09. The molecule has 0 radical (unpaired) electrons. The minimum atomic E-state index is -0.450. The molecule has 0 spiro atoms. The van der Waals surface area contributed by atoms with Crippen molar-refractivity contribution < 1.29 is 9.59 Å². The van der Waals surface area contributed by atoms with Gasteiger partial charge in [-0.1, -0.05) is 61.7 Å². The normalized spacial score (nSPS) is 19.7. The first-order chi connectivity index (χ1) is 17.2. The van der Waals surface area contributed by atoms with Crippen molar-refractivity contribution in [3.63, 3.8) is 0 Å². The van der Waals surface area contributed by atoms with Crippen LogP contribution in [0.4, 0.5) is 0 Å². The Morgan fingerprint density at radius 3 is 2.69 bits per heavy atom. The second-order valence-corrected chi connectivity index (χ2v) is 10.7. The minimum absolute atomic E-state index is 0.0245. The Morgan fingerprint density at radius 2 is 1.86 bits per heavy atom. The number of nitrogens with zero attached hydrogens (tertiary/aromatic N) is 2. The number of rotatable bonds is 7. The summed E-state index contributed by atoms with van der Waals surface area (Å²) < 4.78 is 0. The molecule has 1 saturated heterocycles. The Labute approximate surface area is 211 Å². The van der Waals surface area contributed by atoms with E-state index in [1.54, 1.807) is 18.4 Å². The van der Waals surface area contributed by atoms with Gasteiger partial charge in [-0.3, -0.25) is 9.59 Å². The zero-order chi connectivity index (χ0) is 24.2. The largest absolute Gasteiger partial charge is 0.343 e. The van der Waals surface area contributed by atoms with Crippen molar-refractivity contribution in [2.75, 3.05) is 20.1 Å². The Balaban J connectivity index is 1.39. The topological polar surface area (TPSA) is 74.3 Å². The summed E-state index contributed by atoms with van der Waals surface area (Å²) in [7, 11) is 1.75. The summed E-state index contributed by atoms with van der Waals surface area (Å²) in [6.45, 7) is 0.943. The number of amides is 2. The molecule has 5 rings (SSSR count). The lowest BCUT2D eigenvalue weighted by Gasteiger charge is -2.34. The SMILES string of the molecule is CNCC(=O)N[C@H](C(=O)N1CCC[C@H]1c1nc(-c2cccc3ccccc23)cs1)C1CCCCC1. The van der Waals surface area contributed by atoms with E-state index in [1.807, 2.05) is 4.90 Å². The van der Waals surface area contributed by atoms with Crippen molar-refractivity contribution in [1.82, 2.24) is 20.5 Å². The van der Waals surface area contributed by atoms with Crippen LogP contribution in [0.5, 0.6) is 0 Å². The van der Waals surface area contributed by atoms with Crippen molar-refractivity contribution in [2.45, 2.75) is 57.0 Å². The maximum absolute atomic E-state index is 13.9. The molecule has 2 aromatic carbocycles. The Morgan fingerprint density at radius 1 is 1.06 bits per heavy atom. The predicted molar refractivity (Wildman–Crippen MR) is 141 cm³/mol. The second-order valence-electron chi connectivity index (χ2n) is 9.76. The molecule has 184 valence electrons. The fraction of sp³-hybridized carbons (Fsp3) is 0.464. The van der Waals surface area contributed by atoms with Crippen molar-refractivity contribution in [3.05, 3.63) is 52.9 Å². The van der Waals surface area contributed by atoms with Gasteiger partial charge in [0.1, 0.15) is 11.0 Å². The lowest BCUT2D eigenvalue weighted by molar-refractivity contribution is -0.139. The van der Waals surface area contributed by atoms with E-state index in [2.05, 4.69) is 58.5 Å². The van der Waals surface area contributed by atoms with Crippen LogP contribution in [0.25, 0.3) is 22.0 Å². The van der Waals surface area contributed by atoms with Crippen molar-refractivity contribution in [1.29, 1.82) is 0 Å². The lowest BCUT2D eigenvalue weighted by atomic mass is 9.83. The summed E-state index contributed by atoms with van der Waals surface area (Å²) in [6, 6.07) is 14.2. The summed E-state index contributed by atoms with van der Waals surface area (Å²) in [4.78, 5) is 33.4. The Kier molecular flexibility index (Phi) is 7.44. The first kappa shape index (κ1) is 23.9. The van der Waals surface area contributed by atoms with Gasteiger partial charge in [0.2, 0.25) is 11.8 Å². The molecule has 1 aromatic heterocycles. The van der Waals surface area contributed by atoms with Crippen LogP contribution in [0.3, 0.4) is 0 Å². The van der Waals surface area contributed by atoms with Gasteiger partial charge in [0.25, 0.3) is 0 Å². The standard InChI is InChI=1S/C28H34N4O2S/c1-29-17-25(33)31-26(20-10-3-2-4-11-20)28(34)32-16-8-15-24(32)27-30-23(18-35-27)22-14-7-12-19-9-5-6-13-21(19)22/h5-7,9,12-14,18,20,24,26,29H,2-4,8,10-11,15-17H2,1H3,(H,31,33)/t24-,26-/m0/s1. The van der Waals surface area contributed by atoms with Crippen LogP contribution in [-0.2, 0) is 9.59 Å². The molecular weight excluding hydrogens is 456 g/mol. The molecule has 35 heavy (non-hydrogen) atoms. The van der Waals surface area contributed by atoms with Gasteiger partial charge in [-0.25, -0.2) is 4.98 Å². The van der Waals surface area contributed by atoms with Gasteiger partial charge in [0.15, 0.2) is 0 Å². The highest BCUT2D eigenvalue weighted by atomic mass is 32.1. The predicted octanol–water partition coefficient (Wildman–Crippen LogP) is 4.91. The average Bonchev–Trinajstić information content (AvgIpc) is 3.57. The smallest absolute Gasteiger partial charge is 0.246 e. The third-order valence-electron chi connectivity index (χ3n) is 7.45. The van der Waals surface area contributed by atoms with Gasteiger partial charge >= 0.3 is 0 Å². The van der Waals surface area contributed by atoms with Gasteiger partial charge in [-0.05, 0) is 49.4 Å². The van der Waals surface area contributed by atoms with Gasteiger partial charge < -0.3 is 15.5 Å². The van der Waals surface area contributed by atoms with E-state index in [4.69, 9.17) is 4.98 Å². The van der Waals surface area contributed by atoms with Crippen molar-refractivity contribution >= 4 is 33.9 Å². The van der Waals surface area contributed by atoms with Crippen LogP contribution in [0, 0.1) is 5.92 Å². The molecule has 2 atom stereocenters. The second kappa shape index (κ2) is 10.9. The number of likely N-dealkylation sites (N-methyl/N-ethyl adjacent to an activating group) is 1. The third-order valence-corrected chi connectivity index (χ3v) is 8.40. The minimum Gasteiger partial charge on any atom is -0.343 e. The number of carbonyl (C=O) groups is 2. The first-order valence-electron chi connectivity index (χ1n) is 12.8. The third kappa shape index (κ3) is 5.11. The summed E-state index contributed by atoms with van der Waals surface area (Å²) >= 11 is 1.64. The van der Waals surface area contributed by atoms with Crippen LogP contribution in [-0.4, -0.2) is 47.9 Å². The van der Waals surface area contributed by atoms with E-state index in [1.165, 1.54) is 17.2 Å². The van der Waals surface area contributed by atoms with E-state index in [9.17, 15) is 9.59 Å². The molecule has 2 fully saturated rings. The number of fused-ring (bicyclic) bond motifs is 1. The number of carbonyl (C=O) groups excluding carboxylic acids is 2. The van der Waals surface area contributed by atoms with Gasteiger partial charge in [-0.15, -0.1) is 11.3 Å². The molecule has 1 aliphatic heterocycles. The Bertz CT molecular complexity index is 1180. The molecule has 2 N–H and O–H groups in total. The maximum Gasteiger partial charge on any atom is 0.246 e. The van der Waals surface area contributed by atoms with Crippen LogP contribution in [0.15, 0.2) is 47.8 Å². The maximum atomic E-state index is 13.9. The fourth-order valence-electron chi connectivity index (χ4n) is 5.71. The molecule has 7 heteroatoms. The van der Waals surface area contributed by atoms with Gasteiger partial charge in [-0.2, -0.15) is 0 Å². The molecule has 3 aromatic rings. The molecule has 1 aliphatic carbocycles. The summed E-state index contributed by atoms with van der Waals surface area (Å²) in [5, 5.41) is 11.5. The van der Waals surface area contributed by atoms with E-state index in [0.29, 0.717) is 0 Å². The zero-order valence-corrected chi connectivity index (χ0v) is 21.2. The van der Waals surface area contributed by atoms with Gasteiger partial charge in [0, 0.05) is 17.5 Å². The number of benzene rings is 2. The van der Waals surface area contributed by atoms with Crippen molar-refractivity contribution in [3.8, 4) is 11.3 Å². The van der Waals surface area contributed by atoms with E-state index >= 15 is 0 Å². The number of aromatic nitrogens is 1. The number of hydrogen-bond donors (Lipinski definition) is 2. The first-order valence-corrected chi connectivity index (χ1v) is 13.7. The lowest BCUT2D eigenvalue weighted by Crippen LogP contribution is -2.53. The number of hydrogen-bond acceptors (Lipinski definition) is 5. The average molecular weight is 491 g/mol. The number of nitrogens with one attached hydrogen (secondary N) is 2. The van der Waals surface area contributed by atoms with Crippen molar-refractivity contribution in [2.24, 2.45) is 5.92 Å². The highest BCUT2D eigenvalue weighted by Gasteiger charge is 2.39.